The van der Waals surface area contributed by atoms with Crippen molar-refractivity contribution < 1.29 is 9.53 Å². The van der Waals surface area contributed by atoms with Gasteiger partial charge in [0.05, 0.1) is 0 Å². The van der Waals surface area contributed by atoms with Crippen LogP contribution in [0.5, 0.6) is 5.75 Å². The second-order valence-corrected chi connectivity index (χ2v) is 5.06. The third-order valence-electron chi connectivity index (χ3n) is 3.39. The first-order valence-corrected chi connectivity index (χ1v) is 7.17. The number of guanidine groups is 1. The number of carbonyl (C=O) groups excluding carboxylic acids is 1. The van der Waals surface area contributed by atoms with Crippen LogP contribution in [0.3, 0.4) is 0 Å². The molecule has 2 aromatic rings. The third-order valence-corrected chi connectivity index (χ3v) is 3.39. The van der Waals surface area contributed by atoms with Crippen molar-refractivity contribution in [2.45, 2.75) is 13.0 Å². The number of benzene rings is 2. The molecule has 3 rings (SSSR count). The van der Waals surface area contributed by atoms with Gasteiger partial charge in [0.2, 0.25) is 5.96 Å². The molecular weight excluding hydrogens is 328 g/mol. The van der Waals surface area contributed by atoms with E-state index < -0.39 is 0 Å². The van der Waals surface area contributed by atoms with Crippen LogP contribution < -0.4 is 15.9 Å². The molecule has 0 unspecified atom stereocenters. The summed E-state index contributed by atoms with van der Waals surface area (Å²) >= 11 is 0. The molecule has 0 atom stereocenters. The Bertz CT molecular complexity index is 758. The maximum Gasteiger partial charge on any atom is 0.272 e. The Kier molecular flexibility index (Phi) is 5.92. The number of nitrogens with two attached hydrogens (primary N) is 1. The quantitative estimate of drug-likeness (QED) is 0.642. The number of amides is 1. The predicted molar refractivity (Wildman–Crippen MR) is 95.4 cm³/mol. The Hall–Kier alpha value is -2.86. The molecule has 0 radical (unpaired) electrons. The lowest BCUT2D eigenvalue weighted by atomic mass is 10.1. The SMILES string of the molecule is Cl.NN=C1N=C(Cc2ccc(OCc3ccccc3)cc2)C(=O)N1. The van der Waals surface area contributed by atoms with E-state index in [0.29, 0.717) is 18.7 Å². The lowest BCUT2D eigenvalue weighted by Gasteiger charge is -2.07. The van der Waals surface area contributed by atoms with Gasteiger partial charge in [0.25, 0.3) is 5.91 Å². The maximum atomic E-state index is 11.7. The van der Waals surface area contributed by atoms with Gasteiger partial charge in [-0.15, -0.1) is 17.5 Å². The Balaban J connectivity index is 0.00000208. The average molecular weight is 345 g/mol. The molecular formula is C17H17ClN4O2. The number of aliphatic imine (C=N–C) groups is 1. The molecule has 24 heavy (non-hydrogen) atoms. The second-order valence-electron chi connectivity index (χ2n) is 5.06. The zero-order chi connectivity index (χ0) is 16.1. The average Bonchev–Trinajstić information content (AvgIpc) is 2.95. The van der Waals surface area contributed by atoms with E-state index in [1.54, 1.807) is 0 Å². The van der Waals surface area contributed by atoms with Gasteiger partial charge in [0, 0.05) is 6.42 Å². The lowest BCUT2D eigenvalue weighted by Crippen LogP contribution is -2.27. The predicted octanol–water partition coefficient (Wildman–Crippen LogP) is 2.03. The fourth-order valence-electron chi connectivity index (χ4n) is 2.20. The minimum absolute atomic E-state index is 0. The molecule has 1 heterocycles. The highest BCUT2D eigenvalue weighted by atomic mass is 35.5. The van der Waals surface area contributed by atoms with Crippen LogP contribution in [0.15, 0.2) is 64.7 Å². The van der Waals surface area contributed by atoms with E-state index in [1.165, 1.54) is 0 Å². The topological polar surface area (TPSA) is 89.1 Å². The van der Waals surface area contributed by atoms with E-state index in [9.17, 15) is 4.79 Å². The summed E-state index contributed by atoms with van der Waals surface area (Å²) in [5, 5.41) is 5.86. The van der Waals surface area contributed by atoms with Crippen LogP contribution >= 0.6 is 12.4 Å². The molecule has 0 saturated heterocycles. The van der Waals surface area contributed by atoms with Crippen molar-refractivity contribution in [2.24, 2.45) is 15.9 Å². The molecule has 0 fully saturated rings. The lowest BCUT2D eigenvalue weighted by molar-refractivity contribution is -0.113. The van der Waals surface area contributed by atoms with Crippen molar-refractivity contribution in [1.82, 2.24) is 5.32 Å². The summed E-state index contributed by atoms with van der Waals surface area (Å²) < 4.78 is 5.73. The Morgan fingerprint density at radius 1 is 1.04 bits per heavy atom. The van der Waals surface area contributed by atoms with Gasteiger partial charge < -0.3 is 10.6 Å². The molecule has 0 bridgehead atoms. The van der Waals surface area contributed by atoms with Gasteiger partial charge >= 0.3 is 0 Å². The van der Waals surface area contributed by atoms with Gasteiger partial charge in [-0.25, -0.2) is 4.99 Å². The minimum atomic E-state index is -0.265. The largest absolute Gasteiger partial charge is 0.489 e. The second kappa shape index (κ2) is 8.12. The summed E-state index contributed by atoms with van der Waals surface area (Å²) in [7, 11) is 0. The van der Waals surface area contributed by atoms with Gasteiger partial charge in [-0.3, -0.25) is 10.1 Å². The van der Waals surface area contributed by atoms with Crippen LogP contribution in [0.1, 0.15) is 11.1 Å². The summed E-state index contributed by atoms with van der Waals surface area (Å²) in [6.07, 6.45) is 0.420. The van der Waals surface area contributed by atoms with Crippen LogP contribution in [-0.4, -0.2) is 17.6 Å². The van der Waals surface area contributed by atoms with Crippen LogP contribution in [0.4, 0.5) is 0 Å². The minimum Gasteiger partial charge on any atom is -0.489 e. The van der Waals surface area contributed by atoms with Crippen molar-refractivity contribution in [3.8, 4) is 5.75 Å². The number of hydrogen-bond acceptors (Lipinski definition) is 4. The molecule has 2 aromatic carbocycles. The molecule has 3 N–H and O–H groups in total. The zero-order valence-electron chi connectivity index (χ0n) is 12.8. The Morgan fingerprint density at radius 3 is 2.38 bits per heavy atom. The number of ether oxygens (including phenoxy) is 1. The molecule has 0 aromatic heterocycles. The highest BCUT2D eigenvalue weighted by Crippen LogP contribution is 2.15. The summed E-state index contributed by atoms with van der Waals surface area (Å²) in [5.74, 6) is 5.76. The van der Waals surface area contributed by atoms with E-state index in [4.69, 9.17) is 10.6 Å². The third kappa shape index (κ3) is 4.33. The van der Waals surface area contributed by atoms with Crippen molar-refractivity contribution in [3.63, 3.8) is 0 Å². The number of hydrazone groups is 1. The first-order valence-electron chi connectivity index (χ1n) is 7.17. The monoisotopic (exact) mass is 344 g/mol. The molecule has 1 aliphatic rings. The summed E-state index contributed by atoms with van der Waals surface area (Å²) in [6, 6.07) is 17.5. The van der Waals surface area contributed by atoms with Crippen LogP contribution in [0, 0.1) is 0 Å². The molecule has 124 valence electrons. The number of halogens is 1. The number of nitrogens with zero attached hydrogens (tertiary/aromatic N) is 2. The number of hydrogen-bond donors (Lipinski definition) is 2. The van der Waals surface area contributed by atoms with E-state index in [0.717, 1.165) is 16.9 Å². The Morgan fingerprint density at radius 2 is 1.75 bits per heavy atom. The standard InChI is InChI=1S/C17H16N4O2.ClH/c18-21-17-19-15(16(22)20-17)10-12-6-8-14(9-7-12)23-11-13-4-2-1-3-5-13;/h1-9H,10-11,18H2,(H,20,21,22);1H. The molecule has 7 heteroatoms. The van der Waals surface area contributed by atoms with E-state index in [2.05, 4.69) is 15.4 Å². The van der Waals surface area contributed by atoms with Crippen LogP contribution in [0.2, 0.25) is 0 Å². The number of carbonyl (C=O) groups is 1. The van der Waals surface area contributed by atoms with E-state index in [-0.39, 0.29) is 24.3 Å². The molecule has 0 aliphatic carbocycles. The molecule has 0 spiro atoms. The summed E-state index contributed by atoms with van der Waals surface area (Å²) in [4.78, 5) is 15.7. The number of nitrogens with one attached hydrogen (secondary N) is 1. The Labute approximate surface area is 145 Å². The van der Waals surface area contributed by atoms with Gasteiger partial charge in [0.15, 0.2) is 0 Å². The fraction of sp³-hybridized carbons (Fsp3) is 0.118. The number of rotatable bonds is 5. The molecule has 6 nitrogen and oxygen atoms in total. The van der Waals surface area contributed by atoms with Crippen molar-refractivity contribution in [2.75, 3.05) is 0 Å². The summed E-state index contributed by atoms with van der Waals surface area (Å²) in [5.41, 5.74) is 2.47. The smallest absolute Gasteiger partial charge is 0.272 e. The maximum absolute atomic E-state index is 11.7. The van der Waals surface area contributed by atoms with E-state index in [1.807, 2.05) is 54.6 Å². The normalized spacial score (nSPS) is 14.8. The highest BCUT2D eigenvalue weighted by molar-refractivity contribution is 6.47. The highest BCUT2D eigenvalue weighted by Gasteiger charge is 2.21. The van der Waals surface area contributed by atoms with E-state index >= 15 is 0 Å². The first-order chi connectivity index (χ1) is 11.2. The van der Waals surface area contributed by atoms with Gasteiger partial charge in [-0.1, -0.05) is 42.5 Å². The summed E-state index contributed by atoms with van der Waals surface area (Å²) in [6.45, 7) is 0.519. The zero-order valence-corrected chi connectivity index (χ0v) is 13.6. The van der Waals surface area contributed by atoms with Gasteiger partial charge in [-0.05, 0) is 23.3 Å². The van der Waals surface area contributed by atoms with Gasteiger partial charge in [0.1, 0.15) is 18.1 Å². The van der Waals surface area contributed by atoms with Crippen molar-refractivity contribution >= 4 is 30.0 Å². The molecule has 1 amide bonds. The van der Waals surface area contributed by atoms with Crippen LogP contribution in [-0.2, 0) is 17.8 Å². The van der Waals surface area contributed by atoms with Crippen molar-refractivity contribution in [1.29, 1.82) is 0 Å². The molecule has 0 saturated carbocycles. The van der Waals surface area contributed by atoms with Gasteiger partial charge in [-0.2, -0.15) is 0 Å². The van der Waals surface area contributed by atoms with Crippen LogP contribution in [0.25, 0.3) is 0 Å². The van der Waals surface area contributed by atoms with Crippen molar-refractivity contribution in [3.05, 3.63) is 65.7 Å². The molecule has 1 aliphatic heterocycles. The fourth-order valence-corrected chi connectivity index (χ4v) is 2.20. The first kappa shape index (κ1) is 17.5.